The molecule has 0 aliphatic heterocycles. The van der Waals surface area contributed by atoms with Crippen LogP contribution in [0.2, 0.25) is 0 Å². The molecule has 136 valence electrons. The molecule has 0 aromatic carbocycles. The minimum absolute atomic E-state index is 0.00971. The van der Waals surface area contributed by atoms with Crippen LogP contribution >= 0.6 is 0 Å². The number of carbonyl (C=O) groups is 1. The van der Waals surface area contributed by atoms with Gasteiger partial charge in [-0.1, -0.05) is 25.8 Å². The standard InChI is InChI=1S/C19H29N5O/c1-6-8-11-17(16-10-9-12-20-13-16)23(5)19(25)21-18-14(3)22-24(7-2)15(18)4/h9-10,12-13,17H,6-8,11H2,1-5H3,(H,21,25)/t17-/m0/s1. The molecule has 0 unspecified atom stereocenters. The number of urea groups is 1. The first-order chi connectivity index (χ1) is 12.0. The monoisotopic (exact) mass is 343 g/mol. The summed E-state index contributed by atoms with van der Waals surface area (Å²) in [7, 11) is 1.84. The van der Waals surface area contributed by atoms with Gasteiger partial charge in [-0.3, -0.25) is 9.67 Å². The summed E-state index contributed by atoms with van der Waals surface area (Å²) in [6.07, 6.45) is 6.66. The van der Waals surface area contributed by atoms with Gasteiger partial charge in [0, 0.05) is 26.0 Å². The number of unbranched alkanes of at least 4 members (excludes halogenated alkanes) is 1. The lowest BCUT2D eigenvalue weighted by atomic mass is 10.0. The first-order valence-electron chi connectivity index (χ1n) is 8.97. The second-order valence-corrected chi connectivity index (χ2v) is 6.35. The van der Waals surface area contributed by atoms with Crippen molar-refractivity contribution in [3.05, 3.63) is 41.5 Å². The predicted octanol–water partition coefficient (Wildman–Crippen LogP) is 4.31. The largest absolute Gasteiger partial charge is 0.322 e. The topological polar surface area (TPSA) is 63.1 Å². The molecule has 0 radical (unpaired) electrons. The average molecular weight is 343 g/mol. The van der Waals surface area contributed by atoms with E-state index in [1.165, 1.54) is 0 Å². The summed E-state index contributed by atoms with van der Waals surface area (Å²) in [6, 6.07) is 3.84. The number of aryl methyl sites for hydroxylation is 2. The fourth-order valence-electron chi connectivity index (χ4n) is 3.08. The van der Waals surface area contributed by atoms with Crippen LogP contribution in [-0.2, 0) is 6.54 Å². The Bertz CT molecular complexity index is 695. The van der Waals surface area contributed by atoms with Crippen molar-refractivity contribution in [1.29, 1.82) is 0 Å². The van der Waals surface area contributed by atoms with E-state index in [0.717, 1.165) is 48.4 Å². The first-order valence-corrected chi connectivity index (χ1v) is 8.97. The summed E-state index contributed by atoms with van der Waals surface area (Å²) >= 11 is 0. The molecule has 0 aliphatic rings. The maximum absolute atomic E-state index is 12.8. The Balaban J connectivity index is 2.19. The molecule has 2 amide bonds. The molecule has 6 heteroatoms. The summed E-state index contributed by atoms with van der Waals surface area (Å²) < 4.78 is 1.90. The molecule has 25 heavy (non-hydrogen) atoms. The van der Waals surface area contributed by atoms with Crippen molar-refractivity contribution in [2.45, 2.75) is 59.5 Å². The van der Waals surface area contributed by atoms with Crippen molar-refractivity contribution < 1.29 is 4.79 Å². The van der Waals surface area contributed by atoms with Gasteiger partial charge in [0.15, 0.2) is 0 Å². The van der Waals surface area contributed by atoms with Crippen LogP contribution in [0.25, 0.3) is 0 Å². The first kappa shape index (κ1) is 19.0. The van der Waals surface area contributed by atoms with Gasteiger partial charge >= 0.3 is 6.03 Å². The van der Waals surface area contributed by atoms with Gasteiger partial charge in [0.2, 0.25) is 0 Å². The highest BCUT2D eigenvalue weighted by Gasteiger charge is 2.23. The normalized spacial score (nSPS) is 12.0. The van der Waals surface area contributed by atoms with Gasteiger partial charge in [-0.05, 0) is 38.8 Å². The maximum Gasteiger partial charge on any atom is 0.322 e. The highest BCUT2D eigenvalue weighted by molar-refractivity contribution is 5.90. The third-order valence-corrected chi connectivity index (χ3v) is 4.60. The summed E-state index contributed by atoms with van der Waals surface area (Å²) in [4.78, 5) is 18.8. The molecule has 0 saturated carbocycles. The molecule has 6 nitrogen and oxygen atoms in total. The van der Waals surface area contributed by atoms with Crippen LogP contribution in [0.1, 0.15) is 56.1 Å². The summed E-state index contributed by atoms with van der Waals surface area (Å²) in [5.41, 5.74) is 3.69. The van der Waals surface area contributed by atoms with Gasteiger partial charge in [-0.15, -0.1) is 0 Å². The Morgan fingerprint density at radius 1 is 1.36 bits per heavy atom. The van der Waals surface area contributed by atoms with Crippen LogP contribution in [-0.4, -0.2) is 32.7 Å². The van der Waals surface area contributed by atoms with Gasteiger partial charge in [-0.25, -0.2) is 4.79 Å². The molecule has 2 aromatic rings. The van der Waals surface area contributed by atoms with Gasteiger partial charge in [-0.2, -0.15) is 5.10 Å². The van der Waals surface area contributed by atoms with Gasteiger partial charge in [0.05, 0.1) is 23.1 Å². The van der Waals surface area contributed by atoms with Crippen LogP contribution in [0.4, 0.5) is 10.5 Å². The number of aromatic nitrogens is 3. The molecule has 0 saturated heterocycles. The van der Waals surface area contributed by atoms with Crippen molar-refractivity contribution in [2.75, 3.05) is 12.4 Å². The molecule has 0 fully saturated rings. The molecule has 1 atom stereocenters. The fraction of sp³-hybridized carbons (Fsp3) is 0.526. The number of nitrogens with one attached hydrogen (secondary N) is 1. The molecule has 0 aliphatic carbocycles. The molecule has 2 rings (SSSR count). The molecular formula is C19H29N5O. The molecule has 0 spiro atoms. The fourth-order valence-corrected chi connectivity index (χ4v) is 3.08. The van der Waals surface area contributed by atoms with Crippen LogP contribution in [0.5, 0.6) is 0 Å². The third kappa shape index (κ3) is 4.38. The van der Waals surface area contributed by atoms with E-state index in [-0.39, 0.29) is 12.1 Å². The Kier molecular flexibility index (Phi) is 6.56. The number of anilines is 1. The van der Waals surface area contributed by atoms with Gasteiger partial charge in [0.1, 0.15) is 0 Å². The SMILES string of the molecule is CCCC[C@@H](c1cccnc1)N(C)C(=O)Nc1c(C)nn(CC)c1C. The van der Waals surface area contributed by atoms with Crippen LogP contribution < -0.4 is 5.32 Å². The van der Waals surface area contributed by atoms with Crippen molar-refractivity contribution in [3.63, 3.8) is 0 Å². The molecule has 2 heterocycles. The van der Waals surface area contributed by atoms with E-state index in [1.807, 2.05) is 50.8 Å². The zero-order chi connectivity index (χ0) is 18.4. The van der Waals surface area contributed by atoms with Crippen molar-refractivity contribution >= 4 is 11.7 Å². The van der Waals surface area contributed by atoms with Crippen molar-refractivity contribution in [3.8, 4) is 0 Å². The minimum atomic E-state index is -0.119. The summed E-state index contributed by atoms with van der Waals surface area (Å²) in [6.45, 7) is 8.89. The van der Waals surface area contributed by atoms with E-state index in [2.05, 4.69) is 22.3 Å². The van der Waals surface area contributed by atoms with E-state index in [4.69, 9.17) is 0 Å². The number of rotatable bonds is 7. The Labute approximate surface area is 150 Å². The van der Waals surface area contributed by atoms with E-state index in [1.54, 1.807) is 11.1 Å². The smallest absolute Gasteiger partial charge is 0.320 e. The zero-order valence-corrected chi connectivity index (χ0v) is 15.9. The number of hydrogen-bond acceptors (Lipinski definition) is 3. The van der Waals surface area contributed by atoms with E-state index >= 15 is 0 Å². The molecule has 1 N–H and O–H groups in total. The van der Waals surface area contributed by atoms with E-state index < -0.39 is 0 Å². The molecule has 0 bridgehead atoms. The van der Waals surface area contributed by atoms with Crippen molar-refractivity contribution in [2.24, 2.45) is 0 Å². The van der Waals surface area contributed by atoms with Crippen molar-refractivity contribution in [1.82, 2.24) is 19.7 Å². The second kappa shape index (κ2) is 8.65. The Morgan fingerprint density at radius 3 is 2.68 bits per heavy atom. The number of amides is 2. The lowest BCUT2D eigenvalue weighted by molar-refractivity contribution is 0.199. The number of hydrogen-bond donors (Lipinski definition) is 1. The molecular weight excluding hydrogens is 314 g/mol. The van der Waals surface area contributed by atoms with E-state index in [0.29, 0.717) is 0 Å². The summed E-state index contributed by atoms with van der Waals surface area (Å²) in [5.74, 6) is 0. The van der Waals surface area contributed by atoms with Gasteiger partial charge in [0.25, 0.3) is 0 Å². The molecule has 2 aromatic heterocycles. The number of pyridine rings is 1. The minimum Gasteiger partial charge on any atom is -0.320 e. The quantitative estimate of drug-likeness (QED) is 0.815. The van der Waals surface area contributed by atoms with Crippen LogP contribution in [0, 0.1) is 13.8 Å². The third-order valence-electron chi connectivity index (χ3n) is 4.60. The number of carbonyl (C=O) groups excluding carboxylic acids is 1. The predicted molar refractivity (Wildman–Crippen MR) is 101 cm³/mol. The Hall–Kier alpha value is -2.37. The average Bonchev–Trinajstić information content (AvgIpc) is 2.90. The lowest BCUT2D eigenvalue weighted by Gasteiger charge is -2.28. The highest BCUT2D eigenvalue weighted by atomic mass is 16.2. The van der Waals surface area contributed by atoms with Crippen LogP contribution in [0.15, 0.2) is 24.5 Å². The number of nitrogens with zero attached hydrogens (tertiary/aromatic N) is 4. The maximum atomic E-state index is 12.8. The Morgan fingerprint density at radius 2 is 2.12 bits per heavy atom. The lowest BCUT2D eigenvalue weighted by Crippen LogP contribution is -2.35. The highest BCUT2D eigenvalue weighted by Crippen LogP contribution is 2.26. The second-order valence-electron chi connectivity index (χ2n) is 6.35. The van der Waals surface area contributed by atoms with Gasteiger partial charge < -0.3 is 10.2 Å². The summed E-state index contributed by atoms with van der Waals surface area (Å²) in [5, 5.41) is 7.51. The van der Waals surface area contributed by atoms with E-state index in [9.17, 15) is 4.79 Å². The zero-order valence-electron chi connectivity index (χ0n) is 15.9. The van der Waals surface area contributed by atoms with Crippen LogP contribution in [0.3, 0.4) is 0 Å².